The van der Waals surface area contributed by atoms with Crippen molar-refractivity contribution in [2.24, 2.45) is 0 Å². The molecule has 0 rings (SSSR count). The van der Waals surface area contributed by atoms with Crippen molar-refractivity contribution in [3.8, 4) is 0 Å². The van der Waals surface area contributed by atoms with Crippen LogP contribution < -0.4 is 0 Å². The Balaban J connectivity index is 4.05. The Morgan fingerprint density at radius 1 is 1.13 bits per heavy atom. The van der Waals surface area contributed by atoms with E-state index in [0.29, 0.717) is 13.0 Å². The number of carbonyl (C=O) groups is 2. The predicted molar refractivity (Wildman–Crippen MR) is 56.4 cm³/mol. The van der Waals surface area contributed by atoms with Gasteiger partial charge in [0.05, 0.1) is 13.2 Å². The zero-order chi connectivity index (χ0) is 11.7. The summed E-state index contributed by atoms with van der Waals surface area (Å²) < 4.78 is 9.42. The molecule has 5 heteroatoms. The second-order valence-corrected chi connectivity index (χ2v) is 3.20. The molecule has 0 spiro atoms. The molecule has 0 saturated heterocycles. The van der Waals surface area contributed by atoms with Gasteiger partial charge in [-0.15, -0.1) is 0 Å². The molecule has 0 aromatic carbocycles. The first-order chi connectivity index (χ1) is 7.11. The van der Waals surface area contributed by atoms with Crippen LogP contribution in [0, 0.1) is 0 Å². The molecule has 0 unspecified atom stereocenters. The predicted octanol–water partition coefficient (Wildman–Crippen LogP) is 2.02. The lowest BCUT2D eigenvalue weighted by atomic mass is 10.4. The summed E-state index contributed by atoms with van der Waals surface area (Å²) in [6, 6.07) is 0. The molecule has 15 heavy (non-hydrogen) atoms. The number of halogens is 1. The van der Waals surface area contributed by atoms with Gasteiger partial charge in [-0.05, 0) is 12.8 Å². The van der Waals surface area contributed by atoms with E-state index in [1.165, 1.54) is 0 Å². The van der Waals surface area contributed by atoms with Crippen molar-refractivity contribution in [3.05, 3.63) is 11.1 Å². The minimum Gasteiger partial charge on any atom is -0.463 e. The normalized spacial score (nSPS) is 11.0. The third-order valence-electron chi connectivity index (χ3n) is 1.33. The Labute approximate surface area is 94.2 Å². The topological polar surface area (TPSA) is 52.6 Å². The molecule has 0 aliphatic rings. The fourth-order valence-electron chi connectivity index (χ4n) is 0.670. The highest BCUT2D eigenvalue weighted by Crippen LogP contribution is 2.05. The average molecular weight is 235 g/mol. The molecule has 0 aliphatic heterocycles. The van der Waals surface area contributed by atoms with Crippen LogP contribution in [-0.4, -0.2) is 25.2 Å². The van der Waals surface area contributed by atoms with Crippen molar-refractivity contribution in [2.75, 3.05) is 13.2 Å². The van der Waals surface area contributed by atoms with Crippen LogP contribution in [0.1, 0.15) is 26.7 Å². The van der Waals surface area contributed by atoms with Crippen LogP contribution in [0.4, 0.5) is 0 Å². The minimum absolute atomic E-state index is 0.260. The van der Waals surface area contributed by atoms with Gasteiger partial charge in [0.2, 0.25) is 0 Å². The third-order valence-corrected chi connectivity index (χ3v) is 1.59. The number of rotatable bonds is 6. The second-order valence-electron chi connectivity index (χ2n) is 2.80. The van der Waals surface area contributed by atoms with Crippen LogP contribution in [0.25, 0.3) is 0 Å². The van der Waals surface area contributed by atoms with E-state index < -0.39 is 11.9 Å². The first-order valence-corrected chi connectivity index (χ1v) is 5.20. The van der Waals surface area contributed by atoms with E-state index in [0.717, 1.165) is 12.5 Å². The van der Waals surface area contributed by atoms with Crippen LogP contribution in [-0.2, 0) is 19.1 Å². The van der Waals surface area contributed by atoms with E-state index in [1.54, 1.807) is 0 Å². The molecule has 0 N–H and O–H groups in total. The lowest BCUT2D eigenvalue weighted by molar-refractivity contribution is -0.140. The van der Waals surface area contributed by atoms with E-state index in [2.05, 4.69) is 0 Å². The third kappa shape index (κ3) is 6.96. The highest BCUT2D eigenvalue weighted by molar-refractivity contribution is 6.42. The van der Waals surface area contributed by atoms with Crippen LogP contribution in [0.3, 0.4) is 0 Å². The molecule has 0 radical (unpaired) electrons. The van der Waals surface area contributed by atoms with E-state index in [4.69, 9.17) is 21.1 Å². The zero-order valence-electron chi connectivity index (χ0n) is 8.92. The molecule has 0 aromatic heterocycles. The fraction of sp³-hybridized carbons (Fsp3) is 0.600. The summed E-state index contributed by atoms with van der Waals surface area (Å²) in [5, 5.41) is -0.260. The Hall–Kier alpha value is -1.03. The molecule has 0 heterocycles. The van der Waals surface area contributed by atoms with E-state index in [1.807, 2.05) is 13.8 Å². The zero-order valence-corrected chi connectivity index (χ0v) is 9.67. The lowest BCUT2D eigenvalue weighted by Gasteiger charge is -2.01. The molecule has 4 nitrogen and oxygen atoms in total. The molecular formula is C10H15ClO4. The SMILES string of the molecule is CCCOC(=O)/C=C(/Cl)C(=O)OCCC. The van der Waals surface area contributed by atoms with Gasteiger partial charge in [0.15, 0.2) is 0 Å². The van der Waals surface area contributed by atoms with Gasteiger partial charge in [0.1, 0.15) is 5.03 Å². The molecule has 0 aromatic rings. The number of esters is 2. The Bertz CT molecular complexity index is 248. The van der Waals surface area contributed by atoms with Crippen LogP contribution in [0.15, 0.2) is 11.1 Å². The highest BCUT2D eigenvalue weighted by atomic mass is 35.5. The summed E-state index contributed by atoms with van der Waals surface area (Å²) in [4.78, 5) is 22.1. The maximum Gasteiger partial charge on any atom is 0.350 e. The number of carbonyl (C=O) groups excluding carboxylic acids is 2. The van der Waals surface area contributed by atoms with Gasteiger partial charge in [-0.25, -0.2) is 9.59 Å². The van der Waals surface area contributed by atoms with Crippen LogP contribution in [0.5, 0.6) is 0 Å². The molecule has 0 atom stereocenters. The fourth-order valence-corrected chi connectivity index (χ4v) is 0.814. The maximum absolute atomic E-state index is 11.1. The lowest BCUT2D eigenvalue weighted by Crippen LogP contribution is -2.08. The monoisotopic (exact) mass is 234 g/mol. The second kappa shape index (κ2) is 8.29. The molecule has 86 valence electrons. The summed E-state index contributed by atoms with van der Waals surface area (Å²) in [5.41, 5.74) is 0. The van der Waals surface area contributed by atoms with Crippen LogP contribution in [0.2, 0.25) is 0 Å². The Morgan fingerprint density at radius 3 is 2.20 bits per heavy atom. The maximum atomic E-state index is 11.1. The number of hydrogen-bond donors (Lipinski definition) is 0. The van der Waals surface area contributed by atoms with Crippen LogP contribution >= 0.6 is 11.6 Å². The summed E-state index contributed by atoms with van der Waals surface area (Å²) in [6.07, 6.45) is 2.35. The van der Waals surface area contributed by atoms with E-state index >= 15 is 0 Å². The summed E-state index contributed by atoms with van der Waals surface area (Å²) in [7, 11) is 0. The summed E-state index contributed by atoms with van der Waals surface area (Å²) in [5.74, 6) is -1.33. The molecule has 0 saturated carbocycles. The smallest absolute Gasteiger partial charge is 0.350 e. The molecule has 0 amide bonds. The van der Waals surface area contributed by atoms with Crippen molar-refractivity contribution < 1.29 is 19.1 Å². The molecule has 0 fully saturated rings. The van der Waals surface area contributed by atoms with E-state index in [-0.39, 0.29) is 11.6 Å². The van der Waals surface area contributed by atoms with Gasteiger partial charge >= 0.3 is 11.9 Å². The first kappa shape index (κ1) is 14.0. The molecular weight excluding hydrogens is 220 g/mol. The molecule has 0 bridgehead atoms. The standard InChI is InChI=1S/C10H15ClO4/c1-3-5-14-9(12)7-8(11)10(13)15-6-4-2/h7H,3-6H2,1-2H3/b8-7+. The average Bonchev–Trinajstić information content (AvgIpc) is 2.22. The van der Waals surface area contributed by atoms with Crippen molar-refractivity contribution in [2.45, 2.75) is 26.7 Å². The van der Waals surface area contributed by atoms with Gasteiger partial charge in [0, 0.05) is 6.08 Å². The summed E-state index contributed by atoms with van der Waals surface area (Å²) in [6.45, 7) is 4.32. The number of ether oxygens (including phenoxy) is 2. The van der Waals surface area contributed by atoms with Crippen molar-refractivity contribution in [1.82, 2.24) is 0 Å². The van der Waals surface area contributed by atoms with Crippen molar-refractivity contribution in [3.63, 3.8) is 0 Å². The minimum atomic E-state index is -0.702. The quantitative estimate of drug-likeness (QED) is 0.521. The van der Waals surface area contributed by atoms with Crippen molar-refractivity contribution in [1.29, 1.82) is 0 Å². The highest BCUT2D eigenvalue weighted by Gasteiger charge is 2.10. The summed E-state index contributed by atoms with van der Waals surface area (Å²) >= 11 is 5.53. The van der Waals surface area contributed by atoms with E-state index in [9.17, 15) is 9.59 Å². The number of hydrogen-bond acceptors (Lipinski definition) is 4. The van der Waals surface area contributed by atoms with Gasteiger partial charge in [-0.2, -0.15) is 0 Å². The Morgan fingerprint density at radius 2 is 1.67 bits per heavy atom. The first-order valence-electron chi connectivity index (χ1n) is 4.82. The van der Waals surface area contributed by atoms with Crippen molar-refractivity contribution >= 4 is 23.5 Å². The van der Waals surface area contributed by atoms with Gasteiger partial charge in [-0.3, -0.25) is 0 Å². The van der Waals surface area contributed by atoms with Gasteiger partial charge in [0.25, 0.3) is 0 Å². The van der Waals surface area contributed by atoms with Gasteiger partial charge < -0.3 is 9.47 Å². The molecule has 0 aliphatic carbocycles. The largest absolute Gasteiger partial charge is 0.463 e. The Kier molecular flexibility index (Phi) is 7.72. The van der Waals surface area contributed by atoms with Gasteiger partial charge in [-0.1, -0.05) is 25.4 Å².